The van der Waals surface area contributed by atoms with Crippen LogP contribution in [0.1, 0.15) is 40.0 Å². The van der Waals surface area contributed by atoms with Crippen molar-refractivity contribution >= 4 is 11.7 Å². The molecule has 16 heavy (non-hydrogen) atoms. The van der Waals surface area contributed by atoms with Crippen LogP contribution in [0.5, 0.6) is 0 Å². The number of hydrogen-bond donors (Lipinski definition) is 2. The molecule has 0 saturated carbocycles. The molecule has 4 nitrogen and oxygen atoms in total. The molecular weight excluding hydrogens is 204 g/mol. The molecule has 0 spiro atoms. The number of carbonyl (C=O) groups is 2. The van der Waals surface area contributed by atoms with Gasteiger partial charge < -0.3 is 10.6 Å². The van der Waals surface area contributed by atoms with Crippen LogP contribution in [0.4, 0.5) is 0 Å². The fourth-order valence-corrected chi connectivity index (χ4v) is 1.67. The molecule has 0 saturated heterocycles. The number of carbonyl (C=O) groups excluding carboxylic acids is 2. The Hall–Kier alpha value is -0.900. The lowest BCUT2D eigenvalue weighted by molar-refractivity contribution is -0.127. The quantitative estimate of drug-likeness (QED) is 0.654. The Bertz CT molecular complexity index is 229. The van der Waals surface area contributed by atoms with Gasteiger partial charge in [0.25, 0.3) is 0 Å². The maximum Gasteiger partial charge on any atom is 0.220 e. The molecule has 2 atom stereocenters. The minimum Gasteiger partial charge on any atom is -0.345 e. The van der Waals surface area contributed by atoms with E-state index >= 15 is 0 Å². The summed E-state index contributed by atoms with van der Waals surface area (Å²) in [6.07, 6.45) is 2.63. The smallest absolute Gasteiger partial charge is 0.220 e. The van der Waals surface area contributed by atoms with Gasteiger partial charge >= 0.3 is 0 Å². The third-order valence-electron chi connectivity index (χ3n) is 2.55. The van der Waals surface area contributed by atoms with Crippen molar-refractivity contribution in [3.63, 3.8) is 0 Å². The summed E-state index contributed by atoms with van der Waals surface area (Å²) in [6.45, 7) is 6.15. The first-order chi connectivity index (χ1) is 7.51. The van der Waals surface area contributed by atoms with Crippen molar-refractivity contribution in [1.82, 2.24) is 10.6 Å². The third-order valence-corrected chi connectivity index (χ3v) is 2.55. The maximum absolute atomic E-state index is 11.6. The molecule has 2 N–H and O–H groups in total. The van der Waals surface area contributed by atoms with Gasteiger partial charge in [-0.1, -0.05) is 26.7 Å². The summed E-state index contributed by atoms with van der Waals surface area (Å²) in [7, 11) is 1.77. The van der Waals surface area contributed by atoms with E-state index in [9.17, 15) is 9.59 Å². The number of Topliss-reactive ketones (excluding diaryl/α,β-unsaturated/α-hetero) is 1. The van der Waals surface area contributed by atoms with Crippen LogP contribution in [0.2, 0.25) is 0 Å². The minimum absolute atomic E-state index is 0.00848. The average Bonchev–Trinajstić information content (AvgIpc) is 2.16. The standard InChI is InChI=1S/C12H24N2O2/c1-5-6-9(2)7-12(16)14-11(8-13-4)10(3)15/h9,11,13H,5-8H2,1-4H3,(H,14,16)/t9?,11-/m0/s1. The first kappa shape index (κ1) is 15.1. The average molecular weight is 228 g/mol. The summed E-state index contributed by atoms with van der Waals surface area (Å²) >= 11 is 0. The maximum atomic E-state index is 11.6. The predicted molar refractivity (Wildman–Crippen MR) is 65.2 cm³/mol. The zero-order valence-corrected chi connectivity index (χ0v) is 10.8. The van der Waals surface area contributed by atoms with E-state index in [4.69, 9.17) is 0 Å². The summed E-state index contributed by atoms with van der Waals surface area (Å²) in [6, 6.07) is -0.397. The van der Waals surface area contributed by atoms with Gasteiger partial charge in [0, 0.05) is 13.0 Å². The van der Waals surface area contributed by atoms with Gasteiger partial charge in [-0.2, -0.15) is 0 Å². The number of ketones is 1. The largest absolute Gasteiger partial charge is 0.345 e. The highest BCUT2D eigenvalue weighted by Gasteiger charge is 2.17. The van der Waals surface area contributed by atoms with Gasteiger partial charge in [-0.05, 0) is 19.9 Å². The number of nitrogens with one attached hydrogen (secondary N) is 2. The Morgan fingerprint density at radius 2 is 1.94 bits per heavy atom. The molecule has 0 aromatic carbocycles. The van der Waals surface area contributed by atoms with Gasteiger partial charge in [-0.3, -0.25) is 9.59 Å². The van der Waals surface area contributed by atoms with Crippen LogP contribution in [-0.4, -0.2) is 31.3 Å². The normalized spacial score (nSPS) is 14.2. The van der Waals surface area contributed by atoms with Crippen molar-refractivity contribution in [2.24, 2.45) is 5.92 Å². The van der Waals surface area contributed by atoms with Gasteiger partial charge in [0.1, 0.15) is 0 Å². The molecule has 0 bridgehead atoms. The molecule has 1 unspecified atom stereocenters. The lowest BCUT2D eigenvalue weighted by atomic mass is 10.0. The summed E-state index contributed by atoms with van der Waals surface area (Å²) in [5.74, 6) is 0.342. The van der Waals surface area contributed by atoms with Crippen molar-refractivity contribution in [1.29, 1.82) is 0 Å². The molecule has 94 valence electrons. The molecule has 4 heteroatoms. The summed E-state index contributed by atoms with van der Waals surface area (Å²) in [5, 5.41) is 5.65. The van der Waals surface area contributed by atoms with Gasteiger partial charge in [0.15, 0.2) is 5.78 Å². The van der Waals surface area contributed by atoms with E-state index < -0.39 is 6.04 Å². The Kier molecular flexibility index (Phi) is 7.81. The zero-order valence-electron chi connectivity index (χ0n) is 10.8. The first-order valence-electron chi connectivity index (χ1n) is 5.95. The van der Waals surface area contributed by atoms with Gasteiger partial charge in [-0.15, -0.1) is 0 Å². The van der Waals surface area contributed by atoms with Crippen LogP contribution in [0, 0.1) is 5.92 Å². The molecular formula is C12H24N2O2. The van der Waals surface area contributed by atoms with E-state index in [1.54, 1.807) is 7.05 Å². The molecule has 1 amide bonds. The molecule has 0 aliphatic rings. The summed E-state index contributed by atoms with van der Waals surface area (Å²) < 4.78 is 0. The lowest BCUT2D eigenvalue weighted by Crippen LogP contribution is -2.46. The van der Waals surface area contributed by atoms with Crippen molar-refractivity contribution in [2.45, 2.75) is 46.1 Å². The number of amides is 1. The highest BCUT2D eigenvalue weighted by molar-refractivity contribution is 5.87. The Labute approximate surface area is 98.2 Å². The number of likely N-dealkylation sites (N-methyl/N-ethyl adjacent to an activating group) is 1. The second-order valence-corrected chi connectivity index (χ2v) is 4.39. The van der Waals surface area contributed by atoms with Crippen molar-refractivity contribution in [2.75, 3.05) is 13.6 Å². The first-order valence-corrected chi connectivity index (χ1v) is 5.95. The van der Waals surface area contributed by atoms with Gasteiger partial charge in [0.2, 0.25) is 5.91 Å². The van der Waals surface area contributed by atoms with E-state index in [0.717, 1.165) is 12.8 Å². The van der Waals surface area contributed by atoms with Crippen LogP contribution in [-0.2, 0) is 9.59 Å². The molecule has 0 aliphatic carbocycles. The highest BCUT2D eigenvalue weighted by Crippen LogP contribution is 2.09. The van der Waals surface area contributed by atoms with E-state index in [1.807, 2.05) is 0 Å². The third kappa shape index (κ3) is 6.56. The molecule has 0 heterocycles. The molecule has 0 aromatic rings. The van der Waals surface area contributed by atoms with E-state index in [1.165, 1.54) is 6.92 Å². The minimum atomic E-state index is -0.397. The van der Waals surface area contributed by atoms with Crippen LogP contribution in [0.15, 0.2) is 0 Å². The fourth-order valence-electron chi connectivity index (χ4n) is 1.67. The second kappa shape index (κ2) is 8.28. The SMILES string of the molecule is CCCC(C)CC(=O)N[C@@H](CNC)C(C)=O. The van der Waals surface area contributed by atoms with Crippen LogP contribution >= 0.6 is 0 Å². The van der Waals surface area contributed by atoms with Crippen LogP contribution in [0.25, 0.3) is 0 Å². The Morgan fingerprint density at radius 1 is 1.31 bits per heavy atom. The molecule has 0 aliphatic heterocycles. The fraction of sp³-hybridized carbons (Fsp3) is 0.833. The highest BCUT2D eigenvalue weighted by atomic mass is 16.2. The topological polar surface area (TPSA) is 58.2 Å². The van der Waals surface area contributed by atoms with Crippen molar-refractivity contribution < 1.29 is 9.59 Å². The summed E-state index contributed by atoms with van der Waals surface area (Å²) in [5.41, 5.74) is 0. The van der Waals surface area contributed by atoms with Gasteiger partial charge in [0.05, 0.1) is 6.04 Å². The van der Waals surface area contributed by atoms with E-state index in [0.29, 0.717) is 18.9 Å². The zero-order chi connectivity index (χ0) is 12.6. The van der Waals surface area contributed by atoms with E-state index in [2.05, 4.69) is 24.5 Å². The summed E-state index contributed by atoms with van der Waals surface area (Å²) in [4.78, 5) is 22.9. The van der Waals surface area contributed by atoms with Crippen molar-refractivity contribution in [3.8, 4) is 0 Å². The van der Waals surface area contributed by atoms with Crippen molar-refractivity contribution in [3.05, 3.63) is 0 Å². The molecule has 0 aromatic heterocycles. The van der Waals surface area contributed by atoms with Gasteiger partial charge in [-0.25, -0.2) is 0 Å². The van der Waals surface area contributed by atoms with Crippen LogP contribution in [0.3, 0.4) is 0 Å². The van der Waals surface area contributed by atoms with Crippen LogP contribution < -0.4 is 10.6 Å². The number of rotatable bonds is 8. The molecule has 0 radical (unpaired) electrons. The number of hydrogen-bond acceptors (Lipinski definition) is 3. The second-order valence-electron chi connectivity index (χ2n) is 4.39. The lowest BCUT2D eigenvalue weighted by Gasteiger charge is -2.17. The molecule has 0 fully saturated rings. The Balaban J connectivity index is 4.04. The molecule has 0 rings (SSSR count). The monoisotopic (exact) mass is 228 g/mol. The van der Waals surface area contributed by atoms with E-state index in [-0.39, 0.29) is 11.7 Å². The predicted octanol–water partition coefficient (Wildman–Crippen LogP) is 1.11. The Morgan fingerprint density at radius 3 is 2.38 bits per heavy atom.